The number of hydrogen-bond acceptors (Lipinski definition) is 5. The van der Waals surface area contributed by atoms with Crippen LogP contribution in [0.15, 0.2) is 29.2 Å². The van der Waals surface area contributed by atoms with Gasteiger partial charge in [0.1, 0.15) is 0 Å². The Morgan fingerprint density at radius 1 is 1.40 bits per heavy atom. The van der Waals surface area contributed by atoms with Crippen LogP contribution in [0.3, 0.4) is 0 Å². The van der Waals surface area contributed by atoms with E-state index in [0.717, 1.165) is 4.90 Å². The molecule has 4 N–H and O–H groups in total. The van der Waals surface area contributed by atoms with Gasteiger partial charge in [-0.1, -0.05) is 13.0 Å². The highest BCUT2D eigenvalue weighted by molar-refractivity contribution is 8.00. The van der Waals surface area contributed by atoms with Crippen LogP contribution in [-0.4, -0.2) is 37.7 Å². The summed E-state index contributed by atoms with van der Waals surface area (Å²) in [6.07, 6.45) is 0. The van der Waals surface area contributed by atoms with E-state index in [1.54, 1.807) is 19.9 Å². The van der Waals surface area contributed by atoms with Gasteiger partial charge in [-0.15, -0.1) is 11.8 Å². The van der Waals surface area contributed by atoms with Gasteiger partial charge in [0, 0.05) is 29.0 Å². The quantitative estimate of drug-likeness (QED) is 0.496. The topological polar surface area (TPSA) is 92.4 Å². The molecule has 2 unspecified atom stereocenters. The lowest BCUT2D eigenvalue weighted by molar-refractivity contribution is 0.216. The van der Waals surface area contributed by atoms with Crippen molar-refractivity contribution in [2.75, 3.05) is 23.8 Å². The third-order valence-electron chi connectivity index (χ3n) is 2.99. The van der Waals surface area contributed by atoms with Gasteiger partial charge in [0.2, 0.25) is 10.0 Å². The Labute approximate surface area is 125 Å². The summed E-state index contributed by atoms with van der Waals surface area (Å²) in [7, 11) is -3.33. The van der Waals surface area contributed by atoms with Crippen molar-refractivity contribution in [2.24, 2.45) is 5.92 Å². The Kier molecular flexibility index (Phi) is 6.81. The van der Waals surface area contributed by atoms with Crippen LogP contribution in [-0.2, 0) is 10.0 Å². The zero-order valence-electron chi connectivity index (χ0n) is 11.7. The molecule has 0 aliphatic heterocycles. The summed E-state index contributed by atoms with van der Waals surface area (Å²) in [5.41, 5.74) is 6.33. The molecule has 1 rings (SSSR count). The summed E-state index contributed by atoms with van der Waals surface area (Å²) in [5, 5.41) is 9.00. The van der Waals surface area contributed by atoms with Crippen LogP contribution >= 0.6 is 11.8 Å². The number of nitrogens with one attached hydrogen (secondary N) is 1. The van der Waals surface area contributed by atoms with Crippen LogP contribution in [0.4, 0.5) is 5.69 Å². The van der Waals surface area contributed by atoms with Crippen LogP contribution < -0.4 is 10.5 Å². The maximum atomic E-state index is 11.9. The van der Waals surface area contributed by atoms with Gasteiger partial charge in [-0.3, -0.25) is 0 Å². The number of anilines is 1. The molecule has 0 aliphatic carbocycles. The van der Waals surface area contributed by atoms with Gasteiger partial charge >= 0.3 is 0 Å². The highest BCUT2D eigenvalue weighted by Gasteiger charge is 2.18. The number of benzene rings is 1. The van der Waals surface area contributed by atoms with E-state index in [4.69, 9.17) is 10.8 Å². The molecule has 1 aromatic carbocycles. The Hall–Kier alpha value is -0.760. The average molecular weight is 318 g/mol. The Morgan fingerprint density at radius 2 is 2.10 bits per heavy atom. The molecule has 0 saturated heterocycles. The molecular formula is C13H22N2O3S2. The number of rotatable bonds is 8. The fourth-order valence-corrected chi connectivity index (χ4v) is 4.25. The molecule has 0 spiro atoms. The summed E-state index contributed by atoms with van der Waals surface area (Å²) < 4.78 is 26.4. The van der Waals surface area contributed by atoms with E-state index in [0.29, 0.717) is 11.4 Å². The first-order chi connectivity index (χ1) is 9.34. The number of thioether (sulfide) groups is 1. The molecule has 1 aromatic rings. The number of aliphatic hydroxyl groups is 1. The molecule has 0 heterocycles. The average Bonchev–Trinajstić information content (AvgIpc) is 2.37. The molecule has 0 aromatic heterocycles. The number of sulfonamides is 1. The lowest BCUT2D eigenvalue weighted by atomic mass is 10.1. The molecule has 7 heteroatoms. The first kappa shape index (κ1) is 17.3. The van der Waals surface area contributed by atoms with Crippen molar-refractivity contribution >= 4 is 27.5 Å². The number of aliphatic hydroxyl groups excluding tert-OH is 1. The Morgan fingerprint density at radius 3 is 2.70 bits per heavy atom. The number of nitrogen functional groups attached to an aromatic ring is 1. The van der Waals surface area contributed by atoms with Crippen LogP contribution in [0, 0.1) is 5.92 Å². The van der Waals surface area contributed by atoms with Gasteiger partial charge in [0.15, 0.2) is 0 Å². The lowest BCUT2D eigenvalue weighted by Crippen LogP contribution is -2.39. The fourth-order valence-electron chi connectivity index (χ4n) is 1.49. The molecule has 0 bridgehead atoms. The highest BCUT2D eigenvalue weighted by Crippen LogP contribution is 2.20. The van der Waals surface area contributed by atoms with Gasteiger partial charge in [-0.2, -0.15) is 0 Å². The van der Waals surface area contributed by atoms with Crippen molar-refractivity contribution in [3.05, 3.63) is 24.3 Å². The molecule has 0 radical (unpaired) electrons. The Balaban J connectivity index is 2.44. The summed E-state index contributed by atoms with van der Waals surface area (Å²) in [5.74, 6) is 0.389. The van der Waals surface area contributed by atoms with Crippen molar-refractivity contribution in [3.8, 4) is 0 Å². The van der Waals surface area contributed by atoms with Gasteiger partial charge in [0.25, 0.3) is 0 Å². The monoisotopic (exact) mass is 318 g/mol. The molecule has 0 saturated carbocycles. The van der Waals surface area contributed by atoms with E-state index in [1.807, 2.05) is 18.2 Å². The SMILES string of the molecule is CC(CO)C(C)NS(=O)(=O)CCSc1cccc(N)c1. The zero-order valence-corrected chi connectivity index (χ0v) is 13.4. The van der Waals surface area contributed by atoms with Gasteiger partial charge < -0.3 is 10.8 Å². The molecule has 0 aliphatic rings. The summed E-state index contributed by atoms with van der Waals surface area (Å²) in [4.78, 5) is 0.956. The minimum atomic E-state index is -3.33. The van der Waals surface area contributed by atoms with Crippen LogP contribution in [0.25, 0.3) is 0 Å². The smallest absolute Gasteiger partial charge is 0.212 e. The van der Waals surface area contributed by atoms with Gasteiger partial charge in [0.05, 0.1) is 5.75 Å². The summed E-state index contributed by atoms with van der Waals surface area (Å²) >= 11 is 1.45. The van der Waals surface area contributed by atoms with E-state index in [1.165, 1.54) is 11.8 Å². The van der Waals surface area contributed by atoms with Crippen LogP contribution in [0.1, 0.15) is 13.8 Å². The van der Waals surface area contributed by atoms with Crippen molar-refractivity contribution in [3.63, 3.8) is 0 Å². The first-order valence-corrected chi connectivity index (χ1v) is 9.07. The second-order valence-corrected chi connectivity index (χ2v) is 7.85. The lowest BCUT2D eigenvalue weighted by Gasteiger charge is -2.19. The zero-order chi connectivity index (χ0) is 15.2. The fraction of sp³-hybridized carbons (Fsp3) is 0.538. The predicted octanol–water partition coefficient (Wildman–Crippen LogP) is 1.30. The van der Waals surface area contributed by atoms with E-state index in [-0.39, 0.29) is 24.3 Å². The van der Waals surface area contributed by atoms with E-state index >= 15 is 0 Å². The highest BCUT2D eigenvalue weighted by atomic mass is 32.2. The number of hydrogen-bond donors (Lipinski definition) is 3. The minimum Gasteiger partial charge on any atom is -0.399 e. The standard InChI is InChI=1S/C13H22N2O3S2/c1-10(9-16)11(2)15-20(17,18)7-6-19-13-5-3-4-12(14)8-13/h3-5,8,10-11,15-16H,6-7,9,14H2,1-2H3. The van der Waals surface area contributed by atoms with E-state index in [9.17, 15) is 8.42 Å². The van der Waals surface area contributed by atoms with Crippen molar-refractivity contribution in [1.29, 1.82) is 0 Å². The maximum Gasteiger partial charge on any atom is 0.212 e. The summed E-state index contributed by atoms with van der Waals surface area (Å²) in [6.45, 7) is 3.51. The van der Waals surface area contributed by atoms with Gasteiger partial charge in [-0.05, 0) is 31.0 Å². The molecule has 5 nitrogen and oxygen atoms in total. The molecule has 0 fully saturated rings. The first-order valence-electron chi connectivity index (χ1n) is 6.43. The summed E-state index contributed by atoms with van der Waals surface area (Å²) in [6, 6.07) is 7.08. The minimum absolute atomic E-state index is 0.0367. The van der Waals surface area contributed by atoms with Crippen molar-refractivity contribution < 1.29 is 13.5 Å². The second kappa shape index (κ2) is 7.87. The third-order valence-corrected chi connectivity index (χ3v) is 5.71. The Bertz CT molecular complexity index is 520. The normalized spacial score (nSPS) is 14.9. The van der Waals surface area contributed by atoms with Crippen molar-refractivity contribution in [2.45, 2.75) is 24.8 Å². The molecule has 20 heavy (non-hydrogen) atoms. The van der Waals surface area contributed by atoms with Crippen LogP contribution in [0.5, 0.6) is 0 Å². The van der Waals surface area contributed by atoms with E-state index < -0.39 is 10.0 Å². The molecular weight excluding hydrogens is 296 g/mol. The molecule has 2 atom stereocenters. The largest absolute Gasteiger partial charge is 0.399 e. The molecule has 114 valence electrons. The maximum absolute atomic E-state index is 11.9. The third kappa shape index (κ3) is 6.13. The predicted molar refractivity (Wildman–Crippen MR) is 84.2 cm³/mol. The number of nitrogens with two attached hydrogens (primary N) is 1. The van der Waals surface area contributed by atoms with E-state index in [2.05, 4.69) is 4.72 Å². The van der Waals surface area contributed by atoms with Gasteiger partial charge in [-0.25, -0.2) is 13.1 Å². The molecule has 0 amide bonds. The second-order valence-electron chi connectivity index (χ2n) is 4.81. The van der Waals surface area contributed by atoms with Crippen LogP contribution in [0.2, 0.25) is 0 Å². The van der Waals surface area contributed by atoms with Crippen molar-refractivity contribution in [1.82, 2.24) is 4.72 Å².